The zero-order chi connectivity index (χ0) is 18.8. The zero-order valence-electron chi connectivity index (χ0n) is 15.9. The van der Waals surface area contributed by atoms with Gasteiger partial charge in [0.15, 0.2) is 5.96 Å². The number of nitrogens with zero attached hydrogens (tertiary/aromatic N) is 2. The number of halogens is 2. The van der Waals surface area contributed by atoms with Crippen LogP contribution in [0.1, 0.15) is 26.7 Å². The van der Waals surface area contributed by atoms with Crippen LogP contribution in [0.3, 0.4) is 0 Å². The lowest BCUT2D eigenvalue weighted by Crippen LogP contribution is -2.46. The van der Waals surface area contributed by atoms with Crippen molar-refractivity contribution < 1.29 is 13.9 Å². The van der Waals surface area contributed by atoms with Gasteiger partial charge in [-0.05, 0) is 38.8 Å². The fourth-order valence-electron chi connectivity index (χ4n) is 2.88. The highest BCUT2D eigenvalue weighted by Crippen LogP contribution is 2.21. The van der Waals surface area contributed by atoms with E-state index in [2.05, 4.69) is 15.2 Å². The Morgan fingerprint density at radius 1 is 1.33 bits per heavy atom. The molecule has 0 unspecified atom stereocenters. The van der Waals surface area contributed by atoms with Gasteiger partial charge in [0.2, 0.25) is 0 Å². The first kappa shape index (κ1) is 24.0. The minimum absolute atomic E-state index is 0. The smallest absolute Gasteiger partial charge is 0.309 e. The van der Waals surface area contributed by atoms with Crippen LogP contribution in [0.25, 0.3) is 0 Å². The van der Waals surface area contributed by atoms with E-state index in [4.69, 9.17) is 4.74 Å². The van der Waals surface area contributed by atoms with Crippen molar-refractivity contribution in [3.63, 3.8) is 0 Å². The van der Waals surface area contributed by atoms with Crippen LogP contribution in [0.15, 0.2) is 34.2 Å². The normalized spacial score (nSPS) is 15.2. The van der Waals surface area contributed by atoms with Gasteiger partial charge in [-0.1, -0.05) is 12.1 Å². The number of benzene rings is 1. The Bertz CT molecular complexity index is 610. The molecule has 1 N–H and O–H groups in total. The van der Waals surface area contributed by atoms with Gasteiger partial charge < -0.3 is 15.0 Å². The van der Waals surface area contributed by atoms with E-state index >= 15 is 0 Å². The largest absolute Gasteiger partial charge is 0.466 e. The minimum Gasteiger partial charge on any atom is -0.466 e. The Balaban J connectivity index is 0.00000364. The molecule has 5 nitrogen and oxygen atoms in total. The van der Waals surface area contributed by atoms with E-state index in [-0.39, 0.29) is 41.7 Å². The van der Waals surface area contributed by atoms with Gasteiger partial charge in [-0.15, -0.1) is 35.7 Å². The summed E-state index contributed by atoms with van der Waals surface area (Å²) in [5, 5.41) is 3.31. The molecule has 152 valence electrons. The molecule has 0 atom stereocenters. The van der Waals surface area contributed by atoms with E-state index in [0.29, 0.717) is 18.0 Å². The van der Waals surface area contributed by atoms with E-state index < -0.39 is 0 Å². The maximum atomic E-state index is 13.6. The molecular weight excluding hydrogens is 480 g/mol. The molecule has 0 aromatic heterocycles. The van der Waals surface area contributed by atoms with Crippen molar-refractivity contribution in [3.8, 4) is 0 Å². The summed E-state index contributed by atoms with van der Waals surface area (Å²) in [6, 6.07) is 6.80. The highest BCUT2D eigenvalue weighted by molar-refractivity contribution is 14.0. The van der Waals surface area contributed by atoms with Crippen molar-refractivity contribution >= 4 is 47.7 Å². The number of nitrogens with one attached hydrogen (secondary N) is 1. The van der Waals surface area contributed by atoms with Crippen LogP contribution in [0.5, 0.6) is 0 Å². The number of carbonyl (C=O) groups excluding carboxylic acids is 1. The third-order valence-corrected chi connectivity index (χ3v) is 5.23. The Morgan fingerprint density at radius 3 is 2.67 bits per heavy atom. The molecule has 0 spiro atoms. The van der Waals surface area contributed by atoms with Gasteiger partial charge in [-0.3, -0.25) is 9.79 Å². The second-order valence-corrected chi connectivity index (χ2v) is 7.16. The van der Waals surface area contributed by atoms with Crippen molar-refractivity contribution in [3.05, 3.63) is 30.1 Å². The van der Waals surface area contributed by atoms with Crippen LogP contribution in [-0.4, -0.2) is 55.4 Å². The topological polar surface area (TPSA) is 53.9 Å². The third kappa shape index (κ3) is 7.85. The second-order valence-electron chi connectivity index (χ2n) is 6.03. The van der Waals surface area contributed by atoms with Gasteiger partial charge in [0.05, 0.1) is 19.1 Å². The zero-order valence-corrected chi connectivity index (χ0v) is 19.1. The molecule has 0 saturated carbocycles. The molecule has 27 heavy (non-hydrogen) atoms. The van der Waals surface area contributed by atoms with E-state index in [1.54, 1.807) is 12.1 Å². The standard InChI is InChI=1S/C19H28FN3O2S.HI/c1-3-21-19(22-11-14-26-17-8-6-5-7-16(17)20)23-12-9-15(10-13-23)18(24)25-4-2;/h5-8,15H,3-4,9-14H2,1-2H3,(H,21,22);1H. The molecule has 1 aromatic rings. The third-order valence-electron chi connectivity index (χ3n) is 4.20. The second kappa shape index (κ2) is 13.2. The fraction of sp³-hybridized carbons (Fsp3) is 0.579. The van der Waals surface area contributed by atoms with Crippen molar-refractivity contribution in [1.29, 1.82) is 0 Å². The number of carbonyl (C=O) groups is 1. The molecule has 1 heterocycles. The number of esters is 1. The molecule has 1 fully saturated rings. The predicted octanol–water partition coefficient (Wildman–Crippen LogP) is 3.78. The van der Waals surface area contributed by atoms with Gasteiger partial charge in [0.25, 0.3) is 0 Å². The molecule has 2 rings (SSSR count). The SMILES string of the molecule is CCNC(=NCCSc1ccccc1F)N1CCC(C(=O)OCC)CC1.I. The maximum absolute atomic E-state index is 13.6. The fourth-order valence-corrected chi connectivity index (χ4v) is 3.67. The van der Waals surface area contributed by atoms with Gasteiger partial charge >= 0.3 is 5.97 Å². The number of ether oxygens (including phenoxy) is 1. The average molecular weight is 509 g/mol. The highest BCUT2D eigenvalue weighted by Gasteiger charge is 2.27. The van der Waals surface area contributed by atoms with Crippen LogP contribution in [-0.2, 0) is 9.53 Å². The van der Waals surface area contributed by atoms with Crippen LogP contribution in [0.4, 0.5) is 4.39 Å². The quantitative estimate of drug-likeness (QED) is 0.152. The Morgan fingerprint density at radius 2 is 2.04 bits per heavy atom. The number of likely N-dealkylation sites (tertiary alicyclic amines) is 1. The molecule has 0 amide bonds. The summed E-state index contributed by atoms with van der Waals surface area (Å²) in [6.07, 6.45) is 1.57. The van der Waals surface area contributed by atoms with Gasteiger partial charge in [0.1, 0.15) is 5.82 Å². The first-order valence-electron chi connectivity index (χ1n) is 9.22. The van der Waals surface area contributed by atoms with E-state index in [0.717, 1.165) is 44.2 Å². The Hall–Kier alpha value is -1.03. The number of rotatable bonds is 7. The first-order valence-corrected chi connectivity index (χ1v) is 10.2. The predicted molar refractivity (Wildman–Crippen MR) is 119 cm³/mol. The molecule has 1 aliphatic rings. The molecule has 1 aliphatic heterocycles. The maximum Gasteiger partial charge on any atom is 0.309 e. The number of piperidine rings is 1. The van der Waals surface area contributed by atoms with Gasteiger partial charge in [0, 0.05) is 30.3 Å². The summed E-state index contributed by atoms with van der Waals surface area (Å²) in [5.41, 5.74) is 0. The monoisotopic (exact) mass is 509 g/mol. The summed E-state index contributed by atoms with van der Waals surface area (Å²) < 4.78 is 18.7. The van der Waals surface area contributed by atoms with Crippen LogP contribution >= 0.6 is 35.7 Å². The molecular formula is C19H29FIN3O2S. The molecule has 1 aromatic carbocycles. The van der Waals surface area contributed by atoms with Crippen LogP contribution in [0, 0.1) is 11.7 Å². The van der Waals surface area contributed by atoms with E-state index in [1.807, 2.05) is 19.9 Å². The lowest BCUT2D eigenvalue weighted by atomic mass is 9.97. The molecule has 0 aliphatic carbocycles. The van der Waals surface area contributed by atoms with Crippen LogP contribution in [0.2, 0.25) is 0 Å². The lowest BCUT2D eigenvalue weighted by Gasteiger charge is -2.33. The minimum atomic E-state index is -0.186. The number of thioether (sulfide) groups is 1. The number of aliphatic imine (C=N–C) groups is 1. The first-order chi connectivity index (χ1) is 12.7. The van der Waals surface area contributed by atoms with Gasteiger partial charge in [-0.2, -0.15) is 0 Å². The molecule has 0 bridgehead atoms. The molecule has 1 saturated heterocycles. The van der Waals surface area contributed by atoms with Crippen molar-refractivity contribution in [2.45, 2.75) is 31.6 Å². The number of guanidine groups is 1. The highest BCUT2D eigenvalue weighted by atomic mass is 127. The molecule has 0 radical (unpaired) electrons. The summed E-state index contributed by atoms with van der Waals surface area (Å²) in [7, 11) is 0. The number of hydrogen-bond acceptors (Lipinski definition) is 4. The van der Waals surface area contributed by atoms with Crippen molar-refractivity contribution in [2.75, 3.05) is 38.5 Å². The summed E-state index contributed by atoms with van der Waals surface area (Å²) in [6.45, 7) is 7.28. The molecule has 8 heteroatoms. The van der Waals surface area contributed by atoms with E-state index in [1.165, 1.54) is 17.8 Å². The average Bonchev–Trinajstić information content (AvgIpc) is 2.66. The number of hydrogen-bond donors (Lipinski definition) is 1. The van der Waals surface area contributed by atoms with E-state index in [9.17, 15) is 9.18 Å². The lowest BCUT2D eigenvalue weighted by molar-refractivity contribution is -0.149. The van der Waals surface area contributed by atoms with Gasteiger partial charge in [-0.25, -0.2) is 4.39 Å². The van der Waals surface area contributed by atoms with Crippen molar-refractivity contribution in [2.24, 2.45) is 10.9 Å². The van der Waals surface area contributed by atoms with Crippen molar-refractivity contribution in [1.82, 2.24) is 10.2 Å². The van der Waals surface area contributed by atoms with Crippen LogP contribution < -0.4 is 5.32 Å². The summed E-state index contributed by atoms with van der Waals surface area (Å²) >= 11 is 1.47. The Kier molecular flexibility index (Phi) is 11.7. The Labute approximate surface area is 182 Å². The summed E-state index contributed by atoms with van der Waals surface area (Å²) in [4.78, 5) is 19.4. The summed E-state index contributed by atoms with van der Waals surface area (Å²) in [5.74, 6) is 1.30.